The summed E-state index contributed by atoms with van der Waals surface area (Å²) in [5.74, 6) is 5.33. The maximum absolute atomic E-state index is 12.3. The smallest absolute Gasteiger partial charge is 0.275 e. The van der Waals surface area contributed by atoms with Crippen molar-refractivity contribution in [3.63, 3.8) is 0 Å². The highest BCUT2D eigenvalue weighted by Gasteiger charge is 2.14. The highest BCUT2D eigenvalue weighted by atomic mass is 16.5. The normalized spacial score (nSPS) is 15.7. The molecule has 2 rings (SSSR count). The minimum Gasteiger partial charge on any atom is -0.378 e. The van der Waals surface area contributed by atoms with Crippen molar-refractivity contribution in [2.75, 3.05) is 20.2 Å². The molecule has 22 heavy (non-hydrogen) atoms. The number of nitrogens with one attached hydrogen (secondary N) is 1. The highest BCUT2D eigenvalue weighted by molar-refractivity contribution is 6.09. The topological polar surface area (TPSA) is 97.8 Å². The third-order valence-corrected chi connectivity index (χ3v) is 3.42. The summed E-state index contributed by atoms with van der Waals surface area (Å²) in [7, 11) is 3.28. The summed E-state index contributed by atoms with van der Waals surface area (Å²) in [5, 5.41) is 10.5. The minimum atomic E-state index is -0.312. The zero-order valence-electron chi connectivity index (χ0n) is 13.0. The molecule has 0 aromatic carbocycles. The van der Waals surface area contributed by atoms with Crippen LogP contribution in [0, 0.1) is 0 Å². The summed E-state index contributed by atoms with van der Waals surface area (Å²) in [5.41, 5.74) is 1.11. The van der Waals surface area contributed by atoms with Gasteiger partial charge in [0.2, 0.25) is 0 Å². The molecule has 0 spiro atoms. The van der Waals surface area contributed by atoms with Crippen LogP contribution >= 0.6 is 0 Å². The number of likely N-dealkylation sites (tertiary alicyclic amines) is 1. The molecule has 0 saturated carbocycles. The summed E-state index contributed by atoms with van der Waals surface area (Å²) in [6.07, 6.45) is 5.97. The Kier molecular flexibility index (Phi) is 5.54. The Morgan fingerprint density at radius 1 is 1.55 bits per heavy atom. The third-order valence-electron chi connectivity index (χ3n) is 3.42. The number of nitrogens with two attached hydrogens (primary N) is 1. The largest absolute Gasteiger partial charge is 0.378 e. The fourth-order valence-electron chi connectivity index (χ4n) is 2.32. The van der Waals surface area contributed by atoms with E-state index >= 15 is 0 Å². The molecule has 1 aromatic rings. The molecule has 0 unspecified atom stereocenters. The quantitative estimate of drug-likeness (QED) is 0.350. The first-order valence-corrected chi connectivity index (χ1v) is 7.17. The van der Waals surface area contributed by atoms with Gasteiger partial charge in [-0.05, 0) is 25.0 Å². The minimum absolute atomic E-state index is 0.311. The molecule has 1 aliphatic rings. The first-order chi connectivity index (χ1) is 10.6. The standard InChI is InChI=1S/C14H22N6O2/c1-19-12(9-11(18-19)10-22-2)14(21)16-13(17-15)5-8-20-6-3-4-7-20/h5,8-9H,3-4,6-7,10,15H2,1-2H3,(H,16,17,21)/b8-5+. The summed E-state index contributed by atoms with van der Waals surface area (Å²) in [6.45, 7) is 2.39. The Labute approximate surface area is 129 Å². The average molecular weight is 306 g/mol. The van der Waals surface area contributed by atoms with Crippen molar-refractivity contribution in [2.24, 2.45) is 18.0 Å². The molecule has 120 valence electrons. The van der Waals surface area contributed by atoms with Gasteiger partial charge < -0.3 is 20.8 Å². The second-order valence-electron chi connectivity index (χ2n) is 5.10. The molecule has 0 radical (unpaired) electrons. The second kappa shape index (κ2) is 7.60. The predicted molar refractivity (Wildman–Crippen MR) is 83.0 cm³/mol. The van der Waals surface area contributed by atoms with Crippen molar-refractivity contribution < 1.29 is 9.53 Å². The summed E-state index contributed by atoms with van der Waals surface area (Å²) < 4.78 is 6.51. The van der Waals surface area contributed by atoms with Gasteiger partial charge in [0, 0.05) is 33.4 Å². The van der Waals surface area contributed by atoms with E-state index in [0.29, 0.717) is 23.8 Å². The fourth-order valence-corrected chi connectivity index (χ4v) is 2.32. The first-order valence-electron chi connectivity index (χ1n) is 7.17. The lowest BCUT2D eigenvalue weighted by atomic mass is 10.3. The number of hydrogen-bond acceptors (Lipinski definition) is 6. The predicted octanol–water partition coefficient (Wildman–Crippen LogP) is 0.178. The summed E-state index contributed by atoms with van der Waals surface area (Å²) in [4.78, 5) is 14.4. The molecule has 8 nitrogen and oxygen atoms in total. The van der Waals surface area contributed by atoms with Gasteiger partial charge in [0.15, 0.2) is 5.84 Å². The number of rotatable bonds is 5. The number of aryl methyl sites for hydroxylation is 1. The fraction of sp³-hybridized carbons (Fsp3) is 0.500. The number of methoxy groups -OCH3 is 1. The van der Waals surface area contributed by atoms with Crippen LogP contribution in [0.5, 0.6) is 0 Å². The van der Waals surface area contributed by atoms with Crippen LogP contribution in [-0.2, 0) is 18.4 Å². The molecule has 0 bridgehead atoms. The molecule has 1 aliphatic heterocycles. The van der Waals surface area contributed by atoms with Gasteiger partial charge in [-0.15, -0.1) is 0 Å². The molecule has 1 amide bonds. The van der Waals surface area contributed by atoms with Gasteiger partial charge in [0.25, 0.3) is 5.91 Å². The van der Waals surface area contributed by atoms with Crippen LogP contribution in [0.4, 0.5) is 0 Å². The third kappa shape index (κ3) is 4.08. The number of hydrogen-bond donors (Lipinski definition) is 2. The van der Waals surface area contributed by atoms with Gasteiger partial charge in [-0.2, -0.15) is 10.2 Å². The molecule has 1 saturated heterocycles. The maximum atomic E-state index is 12.3. The molecule has 0 aliphatic carbocycles. The lowest BCUT2D eigenvalue weighted by Gasteiger charge is -2.10. The first kappa shape index (κ1) is 16.0. The molecule has 3 N–H and O–H groups in total. The lowest BCUT2D eigenvalue weighted by Crippen LogP contribution is -2.32. The number of carbonyl (C=O) groups excluding carboxylic acids is 1. The second-order valence-corrected chi connectivity index (χ2v) is 5.10. The van der Waals surface area contributed by atoms with Crippen LogP contribution in [0.1, 0.15) is 29.0 Å². The van der Waals surface area contributed by atoms with Gasteiger partial charge in [0.1, 0.15) is 5.69 Å². The number of hydrazone groups is 1. The van der Waals surface area contributed by atoms with Gasteiger partial charge in [-0.3, -0.25) is 9.48 Å². The number of ether oxygens (including phenoxy) is 1. The van der Waals surface area contributed by atoms with Crippen LogP contribution in [0.25, 0.3) is 0 Å². The number of nitrogens with zero attached hydrogens (tertiary/aromatic N) is 4. The van der Waals surface area contributed by atoms with E-state index in [-0.39, 0.29) is 5.91 Å². The molecule has 2 heterocycles. The Bertz CT molecular complexity index is 572. The number of aromatic nitrogens is 2. The summed E-state index contributed by atoms with van der Waals surface area (Å²) >= 11 is 0. The zero-order valence-corrected chi connectivity index (χ0v) is 13.0. The maximum Gasteiger partial charge on any atom is 0.275 e. The Morgan fingerprint density at radius 3 is 2.91 bits per heavy atom. The van der Waals surface area contributed by atoms with Gasteiger partial charge in [-0.25, -0.2) is 0 Å². The van der Waals surface area contributed by atoms with E-state index in [1.54, 1.807) is 26.3 Å². The van der Waals surface area contributed by atoms with Crippen molar-refractivity contribution >= 4 is 11.7 Å². The van der Waals surface area contributed by atoms with E-state index in [9.17, 15) is 4.79 Å². The molecular formula is C14H22N6O2. The monoisotopic (exact) mass is 306 g/mol. The van der Waals surface area contributed by atoms with Crippen LogP contribution < -0.4 is 11.2 Å². The number of carbonyl (C=O) groups is 1. The van der Waals surface area contributed by atoms with Crippen LogP contribution in [-0.4, -0.2) is 46.6 Å². The van der Waals surface area contributed by atoms with Gasteiger partial charge in [0.05, 0.1) is 12.3 Å². The van der Waals surface area contributed by atoms with Crippen LogP contribution in [0.15, 0.2) is 23.4 Å². The van der Waals surface area contributed by atoms with E-state index in [1.807, 2.05) is 6.20 Å². The molecule has 0 atom stereocenters. The van der Waals surface area contributed by atoms with E-state index < -0.39 is 0 Å². The Hall–Kier alpha value is -2.35. The van der Waals surface area contributed by atoms with Gasteiger partial charge in [-0.1, -0.05) is 0 Å². The molecule has 8 heteroatoms. The van der Waals surface area contributed by atoms with E-state index in [0.717, 1.165) is 13.1 Å². The van der Waals surface area contributed by atoms with E-state index in [4.69, 9.17) is 10.6 Å². The summed E-state index contributed by atoms with van der Waals surface area (Å²) in [6, 6.07) is 1.68. The van der Waals surface area contributed by atoms with Crippen LogP contribution in [0.3, 0.4) is 0 Å². The van der Waals surface area contributed by atoms with Gasteiger partial charge >= 0.3 is 0 Å². The molecule has 1 aromatic heterocycles. The average Bonchev–Trinajstić information content (AvgIpc) is 3.13. The van der Waals surface area contributed by atoms with Crippen molar-refractivity contribution in [1.82, 2.24) is 20.0 Å². The highest BCUT2D eigenvalue weighted by Crippen LogP contribution is 2.07. The van der Waals surface area contributed by atoms with Crippen LogP contribution in [0.2, 0.25) is 0 Å². The van der Waals surface area contributed by atoms with E-state index in [1.165, 1.54) is 17.5 Å². The van der Waals surface area contributed by atoms with Crippen molar-refractivity contribution in [3.8, 4) is 0 Å². The number of amidine groups is 1. The lowest BCUT2D eigenvalue weighted by molar-refractivity contribution is 0.0968. The van der Waals surface area contributed by atoms with Crippen molar-refractivity contribution in [1.29, 1.82) is 0 Å². The Morgan fingerprint density at radius 2 is 2.27 bits per heavy atom. The zero-order chi connectivity index (χ0) is 15.9. The SMILES string of the molecule is COCc1cc(C(=O)NC(/C=C/N2CCCC2)=N/N)n(C)n1. The van der Waals surface area contributed by atoms with Crippen molar-refractivity contribution in [2.45, 2.75) is 19.4 Å². The van der Waals surface area contributed by atoms with Crippen molar-refractivity contribution in [3.05, 3.63) is 29.7 Å². The molecule has 1 fully saturated rings. The molecular weight excluding hydrogens is 284 g/mol. The Balaban J connectivity index is 1.99. The van der Waals surface area contributed by atoms with E-state index in [2.05, 4.69) is 20.4 Å². The number of amides is 1.